The van der Waals surface area contributed by atoms with Gasteiger partial charge >= 0.3 is 0 Å². The highest BCUT2D eigenvalue weighted by Crippen LogP contribution is 2.37. The van der Waals surface area contributed by atoms with Crippen molar-refractivity contribution in [3.63, 3.8) is 0 Å². The zero-order valence-electron chi connectivity index (χ0n) is 16.6. The zero-order valence-corrected chi connectivity index (χ0v) is 16.6. The van der Waals surface area contributed by atoms with Gasteiger partial charge in [-0.25, -0.2) is 0 Å². The van der Waals surface area contributed by atoms with Gasteiger partial charge in [-0.15, -0.1) is 10.2 Å². The van der Waals surface area contributed by atoms with Crippen LogP contribution in [-0.2, 0) is 11.3 Å². The van der Waals surface area contributed by atoms with E-state index < -0.39 is 0 Å². The number of nitrogens with zero attached hydrogens (tertiary/aromatic N) is 3. The van der Waals surface area contributed by atoms with Crippen molar-refractivity contribution in [3.05, 3.63) is 59.2 Å². The maximum atomic E-state index is 12.6. The summed E-state index contributed by atoms with van der Waals surface area (Å²) in [7, 11) is 0. The normalized spacial score (nSPS) is 15.2. The number of hydrogen-bond donors (Lipinski definition) is 1. The summed E-state index contributed by atoms with van der Waals surface area (Å²) in [4.78, 5) is 12.6. The van der Waals surface area contributed by atoms with E-state index in [0.29, 0.717) is 11.8 Å². The number of aryl methyl sites for hydroxylation is 1. The number of nitrogens with one attached hydrogen (secondary N) is 1. The van der Waals surface area contributed by atoms with Crippen LogP contribution in [0, 0.1) is 13.8 Å². The summed E-state index contributed by atoms with van der Waals surface area (Å²) in [6.45, 7) is 6.24. The van der Waals surface area contributed by atoms with Crippen molar-refractivity contribution in [3.8, 4) is 11.5 Å². The lowest BCUT2D eigenvalue weighted by Gasteiger charge is -2.20. The summed E-state index contributed by atoms with van der Waals surface area (Å²) >= 11 is 0. The van der Waals surface area contributed by atoms with Gasteiger partial charge in [-0.1, -0.05) is 36.8 Å². The van der Waals surface area contributed by atoms with Crippen LogP contribution in [0.4, 0.5) is 0 Å². The Labute approximate surface area is 165 Å². The van der Waals surface area contributed by atoms with E-state index in [0.717, 1.165) is 41.2 Å². The van der Waals surface area contributed by atoms with Gasteiger partial charge in [0.2, 0.25) is 17.7 Å². The lowest BCUT2D eigenvalue weighted by molar-refractivity contribution is -0.122. The minimum Gasteiger partial charge on any atom is -0.420 e. The van der Waals surface area contributed by atoms with Crippen LogP contribution in [0.25, 0.3) is 11.5 Å². The average Bonchev–Trinajstić information content (AvgIpc) is 3.21. The van der Waals surface area contributed by atoms with Crippen LogP contribution >= 0.6 is 0 Å². The molecule has 3 aromatic rings. The summed E-state index contributed by atoms with van der Waals surface area (Å²) < 4.78 is 7.91. The second-order valence-electron chi connectivity index (χ2n) is 7.64. The van der Waals surface area contributed by atoms with E-state index in [1.165, 1.54) is 6.42 Å². The SMILES string of the molecule is Cc1cc(-c2nnc(C3CCC3)o2)c(C)n1CC(=O)NC(C)c1ccccc1. The number of rotatable bonds is 6. The fourth-order valence-electron chi connectivity index (χ4n) is 3.68. The molecule has 1 aliphatic carbocycles. The van der Waals surface area contributed by atoms with Gasteiger partial charge in [-0.05, 0) is 45.2 Å². The molecule has 1 amide bonds. The molecule has 1 fully saturated rings. The lowest BCUT2D eigenvalue weighted by Crippen LogP contribution is -2.30. The molecule has 2 aromatic heterocycles. The number of carbonyl (C=O) groups excluding carboxylic acids is 1. The molecule has 4 rings (SSSR count). The molecule has 1 atom stereocenters. The Kier molecular flexibility index (Phi) is 5.03. The van der Waals surface area contributed by atoms with Crippen molar-refractivity contribution in [2.24, 2.45) is 0 Å². The molecule has 0 radical (unpaired) electrons. The quantitative estimate of drug-likeness (QED) is 0.694. The molecule has 0 saturated heterocycles. The Balaban J connectivity index is 1.48. The molecule has 1 N–H and O–H groups in total. The standard InChI is InChI=1S/C22H26N4O2/c1-14-12-19(22-25-24-21(28-22)18-10-7-11-18)16(3)26(14)13-20(27)23-15(2)17-8-5-4-6-9-17/h4-6,8-9,12,15,18H,7,10-11,13H2,1-3H3,(H,23,27). The molecule has 6 heteroatoms. The van der Waals surface area contributed by atoms with Crippen molar-refractivity contribution in [1.82, 2.24) is 20.1 Å². The molecule has 1 aromatic carbocycles. The third-order valence-electron chi connectivity index (χ3n) is 5.68. The van der Waals surface area contributed by atoms with Crippen LogP contribution in [0.2, 0.25) is 0 Å². The highest BCUT2D eigenvalue weighted by Gasteiger charge is 2.26. The van der Waals surface area contributed by atoms with Gasteiger partial charge in [-0.3, -0.25) is 4.79 Å². The van der Waals surface area contributed by atoms with Crippen LogP contribution in [-0.4, -0.2) is 20.7 Å². The molecular weight excluding hydrogens is 352 g/mol. The largest absolute Gasteiger partial charge is 0.420 e. The van der Waals surface area contributed by atoms with Crippen LogP contribution in [0.15, 0.2) is 40.8 Å². The smallest absolute Gasteiger partial charge is 0.249 e. The van der Waals surface area contributed by atoms with Crippen molar-refractivity contribution in [1.29, 1.82) is 0 Å². The van der Waals surface area contributed by atoms with E-state index in [1.807, 2.05) is 61.7 Å². The van der Waals surface area contributed by atoms with Crippen molar-refractivity contribution in [2.75, 3.05) is 0 Å². The number of benzene rings is 1. The molecule has 1 unspecified atom stereocenters. The van der Waals surface area contributed by atoms with E-state index >= 15 is 0 Å². The molecule has 6 nitrogen and oxygen atoms in total. The van der Waals surface area contributed by atoms with Gasteiger partial charge in [0.25, 0.3) is 0 Å². The van der Waals surface area contributed by atoms with E-state index in [2.05, 4.69) is 15.5 Å². The first-order valence-electron chi connectivity index (χ1n) is 9.87. The van der Waals surface area contributed by atoms with Crippen LogP contribution in [0.3, 0.4) is 0 Å². The highest BCUT2D eigenvalue weighted by molar-refractivity contribution is 5.77. The first-order chi connectivity index (χ1) is 13.5. The Morgan fingerprint density at radius 1 is 1.25 bits per heavy atom. The summed E-state index contributed by atoms with van der Waals surface area (Å²) in [6, 6.07) is 11.9. The molecule has 1 aliphatic rings. The number of amides is 1. The molecule has 0 spiro atoms. The third-order valence-corrected chi connectivity index (χ3v) is 5.68. The number of hydrogen-bond acceptors (Lipinski definition) is 4. The molecule has 0 aliphatic heterocycles. The minimum atomic E-state index is -0.0367. The Hall–Kier alpha value is -2.89. The second kappa shape index (κ2) is 7.62. The Bertz CT molecular complexity index is 970. The Morgan fingerprint density at radius 2 is 2.00 bits per heavy atom. The van der Waals surface area contributed by atoms with E-state index in [9.17, 15) is 4.79 Å². The van der Waals surface area contributed by atoms with E-state index in [-0.39, 0.29) is 18.5 Å². The van der Waals surface area contributed by atoms with Gasteiger partial charge in [0, 0.05) is 17.3 Å². The van der Waals surface area contributed by atoms with Gasteiger partial charge in [0.05, 0.1) is 11.6 Å². The highest BCUT2D eigenvalue weighted by atomic mass is 16.4. The predicted octanol–water partition coefficient (Wildman–Crippen LogP) is 4.30. The molecule has 0 bridgehead atoms. The van der Waals surface area contributed by atoms with Gasteiger partial charge in [0.15, 0.2) is 0 Å². The van der Waals surface area contributed by atoms with Crippen molar-refractivity contribution >= 4 is 5.91 Å². The van der Waals surface area contributed by atoms with E-state index in [1.54, 1.807) is 0 Å². The topological polar surface area (TPSA) is 73.0 Å². The third kappa shape index (κ3) is 3.59. The molecule has 28 heavy (non-hydrogen) atoms. The minimum absolute atomic E-state index is 0.0228. The number of carbonyl (C=O) groups is 1. The molecule has 2 heterocycles. The van der Waals surface area contributed by atoms with Crippen LogP contribution in [0.1, 0.15) is 61.0 Å². The van der Waals surface area contributed by atoms with Crippen LogP contribution < -0.4 is 5.32 Å². The van der Waals surface area contributed by atoms with Crippen molar-refractivity contribution < 1.29 is 9.21 Å². The molecular formula is C22H26N4O2. The van der Waals surface area contributed by atoms with Crippen molar-refractivity contribution in [2.45, 2.75) is 58.5 Å². The first-order valence-corrected chi connectivity index (χ1v) is 9.87. The summed E-state index contributed by atoms with van der Waals surface area (Å²) in [6.07, 6.45) is 3.48. The Morgan fingerprint density at radius 3 is 2.68 bits per heavy atom. The van der Waals surface area contributed by atoms with Crippen LogP contribution in [0.5, 0.6) is 0 Å². The fourth-order valence-corrected chi connectivity index (χ4v) is 3.68. The predicted molar refractivity (Wildman–Crippen MR) is 107 cm³/mol. The first kappa shape index (κ1) is 18.5. The average molecular weight is 378 g/mol. The number of aromatic nitrogens is 3. The second-order valence-corrected chi connectivity index (χ2v) is 7.64. The van der Waals surface area contributed by atoms with E-state index in [4.69, 9.17) is 4.42 Å². The maximum absolute atomic E-state index is 12.6. The fraction of sp³-hybridized carbons (Fsp3) is 0.409. The maximum Gasteiger partial charge on any atom is 0.249 e. The summed E-state index contributed by atoms with van der Waals surface area (Å²) in [5.74, 6) is 1.67. The van der Waals surface area contributed by atoms with Gasteiger partial charge in [0.1, 0.15) is 6.54 Å². The van der Waals surface area contributed by atoms with Gasteiger partial charge < -0.3 is 14.3 Å². The molecule has 1 saturated carbocycles. The van der Waals surface area contributed by atoms with Gasteiger partial charge in [-0.2, -0.15) is 0 Å². The zero-order chi connectivity index (χ0) is 19.7. The lowest BCUT2D eigenvalue weighted by atomic mass is 9.85. The molecule has 146 valence electrons. The monoisotopic (exact) mass is 378 g/mol. The summed E-state index contributed by atoms with van der Waals surface area (Å²) in [5, 5.41) is 11.5. The summed E-state index contributed by atoms with van der Waals surface area (Å²) in [5.41, 5.74) is 3.95.